The number of rotatable bonds is 6. The molecule has 4 heteroatoms. The highest BCUT2D eigenvalue weighted by Crippen LogP contribution is 2.39. The van der Waals surface area contributed by atoms with Crippen LogP contribution in [0.5, 0.6) is 0 Å². The molecule has 0 spiro atoms. The number of thiazole rings is 1. The van der Waals surface area contributed by atoms with Gasteiger partial charge in [-0.15, -0.1) is 0 Å². The third kappa shape index (κ3) is 5.35. The lowest BCUT2D eigenvalue weighted by molar-refractivity contribution is 0.211. The van der Waals surface area contributed by atoms with Crippen LogP contribution in [0, 0.1) is 13.8 Å². The van der Waals surface area contributed by atoms with Gasteiger partial charge in [-0.2, -0.15) is 0 Å². The normalized spacial score (nSPS) is 15.0. The van der Waals surface area contributed by atoms with Gasteiger partial charge in [0.15, 0.2) is 5.13 Å². The van der Waals surface area contributed by atoms with E-state index in [-0.39, 0.29) is 0 Å². The Morgan fingerprint density at radius 3 is 2.06 bits per heavy atom. The molecule has 0 unspecified atom stereocenters. The Kier molecular flexibility index (Phi) is 6.56. The van der Waals surface area contributed by atoms with E-state index in [0.29, 0.717) is 6.04 Å². The van der Waals surface area contributed by atoms with Gasteiger partial charge < -0.3 is 5.32 Å². The summed E-state index contributed by atoms with van der Waals surface area (Å²) in [5.74, 6) is 0. The number of nitrogens with one attached hydrogen (secondary N) is 1. The van der Waals surface area contributed by atoms with Crippen molar-refractivity contribution in [3.63, 3.8) is 0 Å². The highest BCUT2D eigenvalue weighted by atomic mass is 32.1. The summed E-state index contributed by atoms with van der Waals surface area (Å²) >= 11 is 1.78. The van der Waals surface area contributed by atoms with Crippen molar-refractivity contribution in [1.29, 1.82) is 0 Å². The van der Waals surface area contributed by atoms with Crippen LogP contribution >= 0.6 is 11.3 Å². The van der Waals surface area contributed by atoms with Crippen molar-refractivity contribution >= 4 is 16.5 Å². The molecule has 1 aliphatic rings. The van der Waals surface area contributed by atoms with Gasteiger partial charge in [0.05, 0.1) is 10.6 Å². The smallest absolute Gasteiger partial charge is 0.184 e. The number of nitrogens with zero attached hydrogens (tertiary/aromatic N) is 2. The van der Waals surface area contributed by atoms with Crippen molar-refractivity contribution in [2.45, 2.75) is 39.3 Å². The summed E-state index contributed by atoms with van der Waals surface area (Å²) < 4.78 is 0. The number of likely N-dealkylation sites (tertiary alicyclic amines) is 1. The summed E-state index contributed by atoms with van der Waals surface area (Å²) in [5, 5.41) is 4.80. The van der Waals surface area contributed by atoms with E-state index < -0.39 is 0 Å². The molecule has 3 aromatic carbocycles. The molecule has 1 fully saturated rings. The van der Waals surface area contributed by atoms with E-state index >= 15 is 0 Å². The third-order valence-electron chi connectivity index (χ3n) is 6.43. The van der Waals surface area contributed by atoms with Crippen molar-refractivity contribution in [2.75, 3.05) is 18.4 Å². The summed E-state index contributed by atoms with van der Waals surface area (Å²) in [5.41, 5.74) is 7.44. The first-order valence-electron chi connectivity index (χ1n) is 11.8. The van der Waals surface area contributed by atoms with E-state index in [1.807, 2.05) is 0 Å². The second-order valence-corrected chi connectivity index (χ2v) is 10.1. The lowest BCUT2D eigenvalue weighted by Gasteiger charge is -2.32. The Balaban J connectivity index is 1.32. The maximum Gasteiger partial charge on any atom is 0.184 e. The molecular weight excluding hydrogens is 422 g/mol. The zero-order chi connectivity index (χ0) is 22.6. The standard InChI is InChI=1S/C29H31N3S/c1-21-8-12-24(13-9-21)27-28(25-14-10-22(2)11-15-25)33-29(31-27)30-26-16-18-32(19-17-26)20-23-6-4-3-5-7-23/h3-15,26H,16-20H2,1-2H3,(H,30,31). The van der Waals surface area contributed by atoms with E-state index in [9.17, 15) is 0 Å². The Bertz CT molecular complexity index is 1110. The van der Waals surface area contributed by atoms with E-state index in [1.165, 1.54) is 32.7 Å². The Hall–Kier alpha value is -2.95. The molecule has 5 rings (SSSR count). The molecule has 0 amide bonds. The Labute approximate surface area is 201 Å². The summed E-state index contributed by atoms with van der Waals surface area (Å²) in [4.78, 5) is 8.88. The summed E-state index contributed by atoms with van der Waals surface area (Å²) in [7, 11) is 0. The predicted octanol–water partition coefficient (Wildman–Crippen LogP) is 7.17. The molecule has 1 aliphatic heterocycles. The molecule has 0 aliphatic carbocycles. The molecule has 0 saturated carbocycles. The minimum atomic E-state index is 0.472. The van der Waals surface area contributed by atoms with E-state index in [1.54, 1.807) is 11.3 Å². The second-order valence-electron chi connectivity index (χ2n) is 9.11. The van der Waals surface area contributed by atoms with Gasteiger partial charge in [-0.25, -0.2) is 4.98 Å². The number of aromatic nitrogens is 1. The fourth-order valence-electron chi connectivity index (χ4n) is 4.44. The van der Waals surface area contributed by atoms with Crippen LogP contribution in [0.1, 0.15) is 29.5 Å². The van der Waals surface area contributed by atoms with Crippen molar-refractivity contribution < 1.29 is 0 Å². The molecule has 0 bridgehead atoms. The first-order valence-corrected chi connectivity index (χ1v) is 12.6. The average Bonchev–Trinajstić information content (AvgIpc) is 3.26. The van der Waals surface area contributed by atoms with Crippen molar-refractivity contribution in [2.24, 2.45) is 0 Å². The Morgan fingerprint density at radius 2 is 1.42 bits per heavy atom. The minimum absolute atomic E-state index is 0.472. The average molecular weight is 454 g/mol. The SMILES string of the molecule is Cc1ccc(-c2nc(NC3CCN(Cc4ccccc4)CC3)sc2-c2ccc(C)cc2)cc1. The third-order valence-corrected chi connectivity index (χ3v) is 7.47. The van der Waals surface area contributed by atoms with Crippen LogP contribution in [-0.2, 0) is 6.54 Å². The van der Waals surface area contributed by atoms with E-state index in [0.717, 1.165) is 43.3 Å². The highest BCUT2D eigenvalue weighted by molar-refractivity contribution is 7.19. The molecule has 0 radical (unpaired) electrons. The molecule has 2 heterocycles. The molecule has 3 nitrogen and oxygen atoms in total. The number of anilines is 1. The molecule has 1 aromatic heterocycles. The lowest BCUT2D eigenvalue weighted by Crippen LogP contribution is -2.38. The second kappa shape index (κ2) is 9.90. The molecule has 0 atom stereocenters. The molecule has 1 N–H and O–H groups in total. The van der Waals surface area contributed by atoms with Crippen LogP contribution in [0.15, 0.2) is 78.9 Å². The van der Waals surface area contributed by atoms with Gasteiger partial charge in [0.25, 0.3) is 0 Å². The van der Waals surface area contributed by atoms with Crippen molar-refractivity contribution in [3.05, 3.63) is 95.6 Å². The molecular formula is C29H31N3S. The monoisotopic (exact) mass is 453 g/mol. The summed E-state index contributed by atoms with van der Waals surface area (Å²) in [6.45, 7) is 7.54. The maximum atomic E-state index is 5.08. The van der Waals surface area contributed by atoms with Crippen molar-refractivity contribution in [3.8, 4) is 21.7 Å². The van der Waals surface area contributed by atoms with Gasteiger partial charge >= 0.3 is 0 Å². The number of hydrogen-bond acceptors (Lipinski definition) is 4. The molecule has 168 valence electrons. The fraction of sp³-hybridized carbons (Fsp3) is 0.276. The van der Waals surface area contributed by atoms with E-state index in [2.05, 4.69) is 103 Å². The molecule has 33 heavy (non-hydrogen) atoms. The number of piperidine rings is 1. The van der Waals surface area contributed by atoms with Gasteiger partial charge in [-0.05, 0) is 37.8 Å². The summed E-state index contributed by atoms with van der Waals surface area (Å²) in [6, 6.07) is 28.8. The van der Waals surface area contributed by atoms with Crippen LogP contribution < -0.4 is 5.32 Å². The number of hydrogen-bond donors (Lipinski definition) is 1. The summed E-state index contributed by atoms with van der Waals surface area (Å²) in [6.07, 6.45) is 2.29. The quantitative estimate of drug-likeness (QED) is 0.335. The van der Waals surface area contributed by atoms with Gasteiger partial charge in [-0.3, -0.25) is 4.90 Å². The maximum absolute atomic E-state index is 5.08. The first-order chi connectivity index (χ1) is 16.1. The van der Waals surface area contributed by atoms with Crippen LogP contribution in [-0.4, -0.2) is 29.0 Å². The Morgan fingerprint density at radius 1 is 0.818 bits per heavy atom. The number of aryl methyl sites for hydroxylation is 2. The largest absolute Gasteiger partial charge is 0.359 e. The zero-order valence-electron chi connectivity index (χ0n) is 19.4. The van der Waals surface area contributed by atoms with Crippen LogP contribution in [0.3, 0.4) is 0 Å². The van der Waals surface area contributed by atoms with Crippen LogP contribution in [0.25, 0.3) is 21.7 Å². The zero-order valence-corrected chi connectivity index (χ0v) is 20.2. The van der Waals surface area contributed by atoms with Gasteiger partial charge in [0, 0.05) is 31.2 Å². The minimum Gasteiger partial charge on any atom is -0.359 e. The predicted molar refractivity (Wildman–Crippen MR) is 141 cm³/mol. The fourth-order valence-corrected chi connectivity index (χ4v) is 5.51. The lowest BCUT2D eigenvalue weighted by atomic mass is 10.0. The molecule has 1 saturated heterocycles. The highest BCUT2D eigenvalue weighted by Gasteiger charge is 2.22. The van der Waals surface area contributed by atoms with Crippen molar-refractivity contribution in [1.82, 2.24) is 9.88 Å². The molecule has 4 aromatic rings. The van der Waals surface area contributed by atoms with Gasteiger partial charge in [0.2, 0.25) is 0 Å². The van der Waals surface area contributed by atoms with Crippen LogP contribution in [0.2, 0.25) is 0 Å². The van der Waals surface area contributed by atoms with E-state index in [4.69, 9.17) is 4.98 Å². The first kappa shape index (κ1) is 21.9. The number of benzene rings is 3. The van der Waals surface area contributed by atoms with Gasteiger partial charge in [0.1, 0.15) is 0 Å². The van der Waals surface area contributed by atoms with Gasteiger partial charge in [-0.1, -0.05) is 101 Å². The topological polar surface area (TPSA) is 28.2 Å². The van der Waals surface area contributed by atoms with Crippen LogP contribution in [0.4, 0.5) is 5.13 Å².